The zero-order chi connectivity index (χ0) is 14.5. The Bertz CT molecular complexity index is 584. The lowest BCUT2D eigenvalue weighted by Crippen LogP contribution is -2.11. The summed E-state index contributed by atoms with van der Waals surface area (Å²) in [7, 11) is 0. The van der Waals surface area contributed by atoms with Crippen molar-refractivity contribution in [1.82, 2.24) is 5.32 Å². The number of halogens is 3. The molecule has 0 bridgehead atoms. The van der Waals surface area contributed by atoms with Gasteiger partial charge in [0.25, 0.3) is 0 Å². The van der Waals surface area contributed by atoms with E-state index in [1.165, 1.54) is 0 Å². The van der Waals surface area contributed by atoms with Crippen LogP contribution < -0.4 is 10.1 Å². The zero-order valence-electron chi connectivity index (χ0n) is 10.9. The molecule has 0 radical (unpaired) electrons. The molecule has 0 amide bonds. The summed E-state index contributed by atoms with van der Waals surface area (Å²) in [5.74, 6) is -0.844. The van der Waals surface area contributed by atoms with Crippen LogP contribution in [0.15, 0.2) is 36.4 Å². The van der Waals surface area contributed by atoms with Crippen molar-refractivity contribution < 1.29 is 13.5 Å². The van der Waals surface area contributed by atoms with E-state index in [1.807, 2.05) is 13.0 Å². The average Bonchev–Trinajstić information content (AvgIpc) is 2.36. The van der Waals surface area contributed by atoms with Crippen molar-refractivity contribution in [3.63, 3.8) is 0 Å². The lowest BCUT2D eigenvalue weighted by atomic mass is 10.2. The number of hydrogen-bond acceptors (Lipinski definition) is 2. The van der Waals surface area contributed by atoms with Gasteiger partial charge in [-0.15, -0.1) is 0 Å². The number of ether oxygens (including phenoxy) is 1. The van der Waals surface area contributed by atoms with Crippen LogP contribution in [0.3, 0.4) is 0 Å². The highest BCUT2D eigenvalue weighted by atomic mass is 35.5. The molecule has 5 heteroatoms. The second kappa shape index (κ2) is 6.68. The Morgan fingerprint density at radius 2 is 1.75 bits per heavy atom. The summed E-state index contributed by atoms with van der Waals surface area (Å²) < 4.78 is 31.5. The van der Waals surface area contributed by atoms with Crippen molar-refractivity contribution in [2.24, 2.45) is 0 Å². The molecule has 0 aromatic heterocycles. The lowest BCUT2D eigenvalue weighted by molar-refractivity contribution is 0.468. The second-order valence-electron chi connectivity index (χ2n) is 4.24. The van der Waals surface area contributed by atoms with Crippen LogP contribution in [-0.2, 0) is 6.54 Å². The highest BCUT2D eigenvalue weighted by Gasteiger charge is 2.06. The van der Waals surface area contributed by atoms with E-state index in [1.54, 1.807) is 12.1 Å². The van der Waals surface area contributed by atoms with Gasteiger partial charge in [0.1, 0.15) is 23.1 Å². The molecule has 0 aliphatic heterocycles. The summed E-state index contributed by atoms with van der Waals surface area (Å²) in [5, 5.41) is 3.71. The normalized spacial score (nSPS) is 10.6. The maximum Gasteiger partial charge on any atom is 0.133 e. The van der Waals surface area contributed by atoms with E-state index in [4.69, 9.17) is 16.3 Å². The van der Waals surface area contributed by atoms with E-state index in [0.717, 1.165) is 30.3 Å². The Labute approximate surface area is 121 Å². The third kappa shape index (κ3) is 3.92. The van der Waals surface area contributed by atoms with Gasteiger partial charge in [0.05, 0.1) is 0 Å². The minimum absolute atomic E-state index is 0.0954. The molecule has 0 unspecified atom stereocenters. The largest absolute Gasteiger partial charge is 0.457 e. The van der Waals surface area contributed by atoms with Crippen molar-refractivity contribution in [3.05, 3.63) is 58.6 Å². The molecule has 0 heterocycles. The first kappa shape index (κ1) is 14.8. The van der Waals surface area contributed by atoms with E-state index in [2.05, 4.69) is 5.32 Å². The summed E-state index contributed by atoms with van der Waals surface area (Å²) in [6, 6.07) is 8.17. The molecule has 0 spiro atoms. The maximum absolute atomic E-state index is 13.1. The first-order valence-corrected chi connectivity index (χ1v) is 6.59. The van der Waals surface area contributed by atoms with Gasteiger partial charge in [0.15, 0.2) is 0 Å². The summed E-state index contributed by atoms with van der Waals surface area (Å²) >= 11 is 6.13. The molecule has 20 heavy (non-hydrogen) atoms. The molecule has 2 aromatic carbocycles. The Balaban J connectivity index is 2.15. The molecule has 1 N–H and O–H groups in total. The van der Waals surface area contributed by atoms with Crippen molar-refractivity contribution >= 4 is 11.6 Å². The molecule has 0 saturated carbocycles. The summed E-state index contributed by atoms with van der Waals surface area (Å²) in [4.78, 5) is 0. The Morgan fingerprint density at radius 3 is 2.35 bits per heavy atom. The van der Waals surface area contributed by atoms with Gasteiger partial charge in [-0.25, -0.2) is 8.78 Å². The average molecular weight is 298 g/mol. The van der Waals surface area contributed by atoms with E-state index < -0.39 is 11.6 Å². The monoisotopic (exact) mass is 297 g/mol. The Kier molecular flexibility index (Phi) is 4.93. The van der Waals surface area contributed by atoms with Gasteiger partial charge < -0.3 is 10.1 Å². The van der Waals surface area contributed by atoms with Crippen molar-refractivity contribution in [1.29, 1.82) is 0 Å². The van der Waals surface area contributed by atoms with Crippen LogP contribution in [0.2, 0.25) is 5.02 Å². The molecule has 0 atom stereocenters. The molecule has 0 saturated heterocycles. The van der Waals surface area contributed by atoms with Crippen LogP contribution in [-0.4, -0.2) is 6.54 Å². The van der Waals surface area contributed by atoms with E-state index in [9.17, 15) is 8.78 Å². The highest BCUT2D eigenvalue weighted by Crippen LogP contribution is 2.27. The van der Waals surface area contributed by atoms with Crippen LogP contribution in [0.4, 0.5) is 8.78 Å². The minimum Gasteiger partial charge on any atom is -0.457 e. The molecular weight excluding hydrogens is 284 g/mol. The number of nitrogens with one attached hydrogen (secondary N) is 1. The summed E-state index contributed by atoms with van der Waals surface area (Å²) in [5.41, 5.74) is 0.936. The highest BCUT2D eigenvalue weighted by molar-refractivity contribution is 6.31. The van der Waals surface area contributed by atoms with Gasteiger partial charge in [-0.2, -0.15) is 0 Å². The first-order valence-electron chi connectivity index (χ1n) is 6.21. The van der Waals surface area contributed by atoms with Gasteiger partial charge in [-0.1, -0.05) is 24.6 Å². The topological polar surface area (TPSA) is 21.3 Å². The van der Waals surface area contributed by atoms with Crippen molar-refractivity contribution in [2.45, 2.75) is 13.5 Å². The summed E-state index contributed by atoms with van der Waals surface area (Å²) in [6.45, 7) is 3.51. The van der Waals surface area contributed by atoms with Gasteiger partial charge in [0, 0.05) is 29.8 Å². The smallest absolute Gasteiger partial charge is 0.133 e. The molecule has 0 aliphatic rings. The molecule has 0 fully saturated rings. The van der Waals surface area contributed by atoms with E-state index in [-0.39, 0.29) is 5.75 Å². The quantitative estimate of drug-likeness (QED) is 0.876. The molecule has 2 aromatic rings. The van der Waals surface area contributed by atoms with Crippen LogP contribution >= 0.6 is 11.6 Å². The zero-order valence-corrected chi connectivity index (χ0v) is 11.7. The van der Waals surface area contributed by atoms with Crippen LogP contribution in [0.1, 0.15) is 12.5 Å². The van der Waals surface area contributed by atoms with E-state index in [0.29, 0.717) is 17.3 Å². The van der Waals surface area contributed by atoms with Gasteiger partial charge in [-0.05, 0) is 24.2 Å². The standard InChI is InChI=1S/C15H14ClF2NO/c1-2-19-9-10-3-4-13(8-15(10)16)20-14-6-11(17)5-12(18)7-14/h3-8,19H,2,9H2,1H3. The van der Waals surface area contributed by atoms with Crippen LogP contribution in [0, 0.1) is 11.6 Å². The third-order valence-corrected chi connectivity index (χ3v) is 3.01. The number of rotatable bonds is 5. The minimum atomic E-state index is -0.685. The number of benzene rings is 2. The predicted molar refractivity (Wildman–Crippen MR) is 75.3 cm³/mol. The molecular formula is C15H14ClF2NO. The van der Waals surface area contributed by atoms with E-state index >= 15 is 0 Å². The fourth-order valence-electron chi connectivity index (χ4n) is 1.72. The molecule has 2 nitrogen and oxygen atoms in total. The lowest BCUT2D eigenvalue weighted by Gasteiger charge is -2.09. The molecule has 2 rings (SSSR count). The van der Waals surface area contributed by atoms with Crippen LogP contribution in [0.25, 0.3) is 0 Å². The fraction of sp³-hybridized carbons (Fsp3) is 0.200. The van der Waals surface area contributed by atoms with Crippen LogP contribution in [0.5, 0.6) is 11.5 Å². The fourth-order valence-corrected chi connectivity index (χ4v) is 1.96. The SMILES string of the molecule is CCNCc1ccc(Oc2cc(F)cc(F)c2)cc1Cl. The first-order chi connectivity index (χ1) is 9.58. The Hall–Kier alpha value is -1.65. The molecule has 0 aliphatic carbocycles. The van der Waals surface area contributed by atoms with Crippen molar-refractivity contribution in [2.75, 3.05) is 6.54 Å². The second-order valence-corrected chi connectivity index (χ2v) is 4.65. The molecule has 106 valence electrons. The van der Waals surface area contributed by atoms with Gasteiger partial charge >= 0.3 is 0 Å². The Morgan fingerprint density at radius 1 is 1.05 bits per heavy atom. The van der Waals surface area contributed by atoms with Gasteiger partial charge in [0.2, 0.25) is 0 Å². The van der Waals surface area contributed by atoms with Crippen molar-refractivity contribution in [3.8, 4) is 11.5 Å². The third-order valence-electron chi connectivity index (χ3n) is 2.66. The number of hydrogen-bond donors (Lipinski definition) is 1. The van der Waals surface area contributed by atoms with Gasteiger partial charge in [-0.3, -0.25) is 0 Å². The maximum atomic E-state index is 13.1. The predicted octanol–water partition coefficient (Wildman–Crippen LogP) is 4.52. The summed E-state index contributed by atoms with van der Waals surface area (Å²) in [6.07, 6.45) is 0.